The highest BCUT2D eigenvalue weighted by atomic mass is 19.1. The van der Waals surface area contributed by atoms with Crippen molar-refractivity contribution in [1.82, 2.24) is 0 Å². The van der Waals surface area contributed by atoms with Crippen LogP contribution in [0.2, 0.25) is 0 Å². The molecular formula is C9H10FNO4. The fraction of sp³-hybridized carbons (Fsp3) is 0.222. The number of methoxy groups -OCH3 is 2. The average molecular weight is 215 g/mol. The van der Waals surface area contributed by atoms with Gasteiger partial charge in [-0.15, -0.1) is 0 Å². The predicted octanol–water partition coefficient (Wildman–Crippen LogP) is 1.12. The summed E-state index contributed by atoms with van der Waals surface area (Å²) in [6.45, 7) is 0. The molecule has 3 N–H and O–H groups in total. The smallest absolute Gasteiger partial charge is 0.341 e. The van der Waals surface area contributed by atoms with Gasteiger partial charge in [0.05, 0.1) is 19.9 Å². The summed E-state index contributed by atoms with van der Waals surface area (Å²) in [5, 5.41) is 8.84. The van der Waals surface area contributed by atoms with Gasteiger partial charge in [0, 0.05) is 6.07 Å². The predicted molar refractivity (Wildman–Crippen MR) is 50.9 cm³/mol. The molecule has 0 radical (unpaired) electrons. The van der Waals surface area contributed by atoms with Gasteiger partial charge in [-0.05, 0) is 0 Å². The van der Waals surface area contributed by atoms with Crippen LogP contribution in [0.15, 0.2) is 6.07 Å². The van der Waals surface area contributed by atoms with Gasteiger partial charge in [-0.2, -0.15) is 0 Å². The Kier molecular flexibility index (Phi) is 2.99. The molecule has 0 atom stereocenters. The van der Waals surface area contributed by atoms with Crippen LogP contribution in [0.4, 0.5) is 10.1 Å². The second kappa shape index (κ2) is 4.04. The van der Waals surface area contributed by atoms with E-state index in [0.717, 1.165) is 6.07 Å². The van der Waals surface area contributed by atoms with E-state index in [1.54, 1.807) is 0 Å². The molecule has 6 heteroatoms. The lowest BCUT2D eigenvalue weighted by Gasteiger charge is -2.12. The number of ether oxygens (including phenoxy) is 2. The Balaban J connectivity index is 3.56. The van der Waals surface area contributed by atoms with E-state index in [1.165, 1.54) is 14.2 Å². The van der Waals surface area contributed by atoms with E-state index in [-0.39, 0.29) is 11.5 Å². The van der Waals surface area contributed by atoms with Gasteiger partial charge in [-0.25, -0.2) is 9.18 Å². The number of carbonyl (C=O) groups is 1. The molecule has 1 aromatic carbocycles. The summed E-state index contributed by atoms with van der Waals surface area (Å²) in [6, 6.07) is 0.973. The molecule has 0 aliphatic rings. The number of rotatable bonds is 3. The third kappa shape index (κ3) is 1.78. The Hall–Kier alpha value is -1.98. The SMILES string of the molecule is COc1cc(F)c(N)c(C(=O)O)c1OC. The lowest BCUT2D eigenvalue weighted by Crippen LogP contribution is -2.08. The quantitative estimate of drug-likeness (QED) is 0.738. The number of carboxylic acid groups (broad SMARTS) is 1. The van der Waals surface area contributed by atoms with Crippen LogP contribution < -0.4 is 15.2 Å². The number of hydrogen-bond donors (Lipinski definition) is 2. The monoisotopic (exact) mass is 215 g/mol. The fourth-order valence-electron chi connectivity index (χ4n) is 1.19. The largest absolute Gasteiger partial charge is 0.493 e. The van der Waals surface area contributed by atoms with E-state index in [9.17, 15) is 9.18 Å². The Bertz CT molecular complexity index is 406. The highest BCUT2D eigenvalue weighted by molar-refractivity contribution is 5.98. The van der Waals surface area contributed by atoms with Gasteiger partial charge >= 0.3 is 5.97 Å². The maximum absolute atomic E-state index is 13.2. The molecule has 0 bridgehead atoms. The lowest BCUT2D eigenvalue weighted by atomic mass is 10.1. The minimum atomic E-state index is -1.37. The standard InChI is InChI=1S/C9H10FNO4/c1-14-5-3-4(10)7(11)6(9(12)13)8(5)15-2/h3H,11H2,1-2H3,(H,12,13). The molecule has 0 saturated heterocycles. The van der Waals surface area contributed by atoms with E-state index in [2.05, 4.69) is 0 Å². The number of halogens is 1. The van der Waals surface area contributed by atoms with Gasteiger partial charge in [-0.1, -0.05) is 0 Å². The van der Waals surface area contributed by atoms with Crippen molar-refractivity contribution >= 4 is 11.7 Å². The van der Waals surface area contributed by atoms with Gasteiger partial charge in [0.1, 0.15) is 5.56 Å². The molecule has 5 nitrogen and oxygen atoms in total. The van der Waals surface area contributed by atoms with Crippen LogP contribution in [0.3, 0.4) is 0 Å². The highest BCUT2D eigenvalue weighted by Crippen LogP contribution is 2.36. The number of aromatic carboxylic acids is 1. The number of nitrogens with two attached hydrogens (primary N) is 1. The molecule has 0 aromatic heterocycles. The first kappa shape index (κ1) is 11.1. The maximum Gasteiger partial charge on any atom is 0.341 e. The Morgan fingerprint density at radius 1 is 1.47 bits per heavy atom. The second-order valence-electron chi connectivity index (χ2n) is 2.69. The number of nitrogen functional groups attached to an aromatic ring is 1. The van der Waals surface area contributed by atoms with E-state index in [4.69, 9.17) is 20.3 Å². The lowest BCUT2D eigenvalue weighted by molar-refractivity contribution is 0.0693. The molecule has 0 fully saturated rings. The van der Waals surface area contributed by atoms with Gasteiger partial charge in [0.15, 0.2) is 17.3 Å². The highest BCUT2D eigenvalue weighted by Gasteiger charge is 2.22. The summed E-state index contributed by atoms with van der Waals surface area (Å²) in [5.41, 5.74) is 4.38. The zero-order valence-corrected chi connectivity index (χ0v) is 8.20. The van der Waals surface area contributed by atoms with Gasteiger partial charge in [0.25, 0.3) is 0 Å². The molecule has 15 heavy (non-hydrogen) atoms. The van der Waals surface area contributed by atoms with Crippen LogP contribution in [0.25, 0.3) is 0 Å². The molecule has 1 aromatic rings. The van der Waals surface area contributed by atoms with Crippen molar-refractivity contribution in [2.45, 2.75) is 0 Å². The zero-order chi connectivity index (χ0) is 11.6. The molecule has 0 heterocycles. The van der Waals surface area contributed by atoms with Crippen molar-refractivity contribution < 1.29 is 23.8 Å². The molecule has 0 aliphatic carbocycles. The van der Waals surface area contributed by atoms with Gasteiger partial charge < -0.3 is 20.3 Å². The first-order chi connectivity index (χ1) is 7.02. The van der Waals surface area contributed by atoms with E-state index < -0.39 is 23.0 Å². The van der Waals surface area contributed by atoms with E-state index in [0.29, 0.717) is 0 Å². The summed E-state index contributed by atoms with van der Waals surface area (Å²) in [6.07, 6.45) is 0. The number of hydrogen-bond acceptors (Lipinski definition) is 4. The first-order valence-electron chi connectivity index (χ1n) is 3.96. The third-order valence-corrected chi connectivity index (χ3v) is 1.87. The van der Waals surface area contributed by atoms with Gasteiger partial charge in [0.2, 0.25) is 0 Å². The second-order valence-corrected chi connectivity index (χ2v) is 2.69. The van der Waals surface area contributed by atoms with Crippen LogP contribution in [-0.4, -0.2) is 25.3 Å². The van der Waals surface area contributed by atoms with Crippen LogP contribution in [0.5, 0.6) is 11.5 Å². The van der Waals surface area contributed by atoms with E-state index >= 15 is 0 Å². The van der Waals surface area contributed by atoms with E-state index in [1.807, 2.05) is 0 Å². The third-order valence-electron chi connectivity index (χ3n) is 1.87. The zero-order valence-electron chi connectivity index (χ0n) is 8.20. The molecular weight excluding hydrogens is 205 g/mol. The van der Waals surface area contributed by atoms with Gasteiger partial charge in [-0.3, -0.25) is 0 Å². The van der Waals surface area contributed by atoms with Crippen LogP contribution in [-0.2, 0) is 0 Å². The van der Waals surface area contributed by atoms with Crippen molar-refractivity contribution in [3.05, 3.63) is 17.4 Å². The molecule has 0 saturated carbocycles. The Labute approximate surface area is 85.2 Å². The first-order valence-corrected chi connectivity index (χ1v) is 3.96. The normalized spacial score (nSPS) is 9.80. The number of benzene rings is 1. The Morgan fingerprint density at radius 2 is 2.07 bits per heavy atom. The number of anilines is 1. The van der Waals surface area contributed by atoms with Crippen LogP contribution in [0, 0.1) is 5.82 Å². The van der Waals surface area contributed by atoms with Crippen molar-refractivity contribution in [2.75, 3.05) is 20.0 Å². The molecule has 1 rings (SSSR count). The molecule has 0 unspecified atom stereocenters. The van der Waals surface area contributed by atoms with Crippen molar-refractivity contribution in [1.29, 1.82) is 0 Å². The van der Waals surface area contributed by atoms with Crippen LogP contribution in [0.1, 0.15) is 10.4 Å². The number of carboxylic acids is 1. The van der Waals surface area contributed by atoms with Crippen molar-refractivity contribution in [3.8, 4) is 11.5 Å². The average Bonchev–Trinajstić information content (AvgIpc) is 2.20. The summed E-state index contributed by atoms with van der Waals surface area (Å²) in [4.78, 5) is 10.8. The topological polar surface area (TPSA) is 81.8 Å². The van der Waals surface area contributed by atoms with Crippen molar-refractivity contribution in [3.63, 3.8) is 0 Å². The minimum Gasteiger partial charge on any atom is -0.493 e. The minimum absolute atomic E-state index is 0.0124. The molecule has 82 valence electrons. The summed E-state index contributed by atoms with van der Waals surface area (Å²) < 4.78 is 22.8. The van der Waals surface area contributed by atoms with Crippen LogP contribution >= 0.6 is 0 Å². The maximum atomic E-state index is 13.2. The Morgan fingerprint density at radius 3 is 2.47 bits per heavy atom. The fourth-order valence-corrected chi connectivity index (χ4v) is 1.19. The summed E-state index contributed by atoms with van der Waals surface area (Å²) in [7, 11) is 2.53. The van der Waals surface area contributed by atoms with Crippen molar-refractivity contribution in [2.24, 2.45) is 0 Å². The molecule has 0 amide bonds. The summed E-state index contributed by atoms with van der Waals surface area (Å²) in [5.74, 6) is -2.34. The summed E-state index contributed by atoms with van der Waals surface area (Å²) >= 11 is 0. The molecule has 0 aliphatic heterocycles. The molecule has 0 spiro atoms.